The molecule has 0 aliphatic carbocycles. The Morgan fingerprint density at radius 1 is 1.04 bits per heavy atom. The summed E-state index contributed by atoms with van der Waals surface area (Å²) in [5.41, 5.74) is 0.547. The molecule has 1 saturated heterocycles. The number of ether oxygens (including phenoxy) is 2. The maximum Gasteiger partial charge on any atom is 0.337 e. The van der Waals surface area contributed by atoms with Gasteiger partial charge >= 0.3 is 5.97 Å². The zero-order valence-corrected chi connectivity index (χ0v) is 17.9. The summed E-state index contributed by atoms with van der Waals surface area (Å²) < 4.78 is 10.4. The van der Waals surface area contributed by atoms with Crippen molar-refractivity contribution in [2.75, 3.05) is 33.4 Å². The topological polar surface area (TPSA) is 38.8 Å². The average molecular weight is 366 g/mol. The minimum Gasteiger partial charge on any atom is -0.494 e. The Morgan fingerprint density at radius 2 is 1.58 bits per heavy atom. The third-order valence-electron chi connectivity index (χ3n) is 4.11. The number of carbonyl (C=O) groups excluding carboxylic acids is 1. The van der Waals surface area contributed by atoms with Gasteiger partial charge in [-0.05, 0) is 48.9 Å². The monoisotopic (exact) mass is 365 g/mol. The highest BCUT2D eigenvalue weighted by molar-refractivity contribution is 5.89. The number of nitrogens with zero attached hydrogens (tertiary/aromatic N) is 1. The van der Waals surface area contributed by atoms with Gasteiger partial charge in [-0.15, -0.1) is 0 Å². The van der Waals surface area contributed by atoms with E-state index in [4.69, 9.17) is 4.74 Å². The van der Waals surface area contributed by atoms with Gasteiger partial charge in [0, 0.05) is 19.6 Å². The molecule has 1 aliphatic rings. The molecule has 1 fully saturated rings. The van der Waals surface area contributed by atoms with E-state index in [2.05, 4.69) is 23.5 Å². The molecule has 4 heteroatoms. The molecule has 1 aliphatic heterocycles. The molecular weight excluding hydrogens is 326 g/mol. The first-order chi connectivity index (χ1) is 12.6. The van der Waals surface area contributed by atoms with Crippen LogP contribution in [0.5, 0.6) is 5.75 Å². The number of methoxy groups -OCH3 is 1. The predicted molar refractivity (Wildman–Crippen MR) is 110 cm³/mol. The van der Waals surface area contributed by atoms with Gasteiger partial charge in [0.05, 0.1) is 19.3 Å². The molecule has 0 bridgehead atoms. The first-order valence-corrected chi connectivity index (χ1v) is 10.1. The van der Waals surface area contributed by atoms with Crippen LogP contribution in [-0.4, -0.2) is 44.2 Å². The molecule has 2 unspecified atom stereocenters. The molecule has 1 aromatic carbocycles. The summed E-state index contributed by atoms with van der Waals surface area (Å²) in [5, 5.41) is 0. The van der Waals surface area contributed by atoms with Crippen molar-refractivity contribution in [1.29, 1.82) is 0 Å². The minimum absolute atomic E-state index is 0.320. The molecule has 0 radical (unpaired) electrons. The summed E-state index contributed by atoms with van der Waals surface area (Å²) in [6.45, 7) is 16.9. The molecule has 0 saturated carbocycles. The van der Waals surface area contributed by atoms with Gasteiger partial charge in [-0.1, -0.05) is 41.5 Å². The van der Waals surface area contributed by atoms with Crippen molar-refractivity contribution < 1.29 is 14.3 Å². The van der Waals surface area contributed by atoms with E-state index in [-0.39, 0.29) is 5.97 Å². The quantitative estimate of drug-likeness (QED) is 0.508. The predicted octanol–water partition coefficient (Wildman–Crippen LogP) is 5.27. The van der Waals surface area contributed by atoms with Gasteiger partial charge in [-0.2, -0.15) is 0 Å². The van der Waals surface area contributed by atoms with E-state index in [1.54, 1.807) is 12.1 Å². The van der Waals surface area contributed by atoms with Gasteiger partial charge in [-0.3, -0.25) is 0 Å². The molecule has 2 atom stereocenters. The van der Waals surface area contributed by atoms with Crippen LogP contribution in [0.3, 0.4) is 0 Å². The van der Waals surface area contributed by atoms with Crippen molar-refractivity contribution in [3.8, 4) is 5.75 Å². The Kier molecular flexibility index (Phi) is 13.7. The second-order valence-electron chi connectivity index (χ2n) is 6.42. The third kappa shape index (κ3) is 9.23. The Bertz CT molecular complexity index is 463. The van der Waals surface area contributed by atoms with Crippen LogP contribution in [0.25, 0.3) is 0 Å². The number of esters is 1. The van der Waals surface area contributed by atoms with Gasteiger partial charge in [0.1, 0.15) is 5.75 Å². The van der Waals surface area contributed by atoms with E-state index in [0.717, 1.165) is 30.6 Å². The Balaban J connectivity index is 0.00000146. The fraction of sp³-hybridized carbons (Fsp3) is 0.682. The van der Waals surface area contributed by atoms with Crippen molar-refractivity contribution in [2.24, 2.45) is 11.8 Å². The Labute approximate surface area is 160 Å². The zero-order valence-electron chi connectivity index (χ0n) is 17.9. The van der Waals surface area contributed by atoms with E-state index in [0.29, 0.717) is 12.2 Å². The van der Waals surface area contributed by atoms with Crippen molar-refractivity contribution in [3.05, 3.63) is 29.8 Å². The van der Waals surface area contributed by atoms with Crippen LogP contribution in [0.2, 0.25) is 0 Å². The molecule has 1 aromatic rings. The Hall–Kier alpha value is -1.55. The smallest absolute Gasteiger partial charge is 0.337 e. The van der Waals surface area contributed by atoms with Gasteiger partial charge in [-0.25, -0.2) is 4.79 Å². The minimum atomic E-state index is -0.320. The van der Waals surface area contributed by atoms with Crippen molar-refractivity contribution in [2.45, 2.75) is 54.4 Å². The number of piperidine rings is 1. The molecule has 1 heterocycles. The van der Waals surface area contributed by atoms with Crippen molar-refractivity contribution in [3.63, 3.8) is 0 Å². The van der Waals surface area contributed by atoms with Crippen LogP contribution >= 0.6 is 0 Å². The lowest BCUT2D eigenvalue weighted by Gasteiger charge is -2.34. The second kappa shape index (κ2) is 14.6. The van der Waals surface area contributed by atoms with Crippen LogP contribution < -0.4 is 4.74 Å². The lowest BCUT2D eigenvalue weighted by atomic mass is 9.92. The maximum atomic E-state index is 11.3. The fourth-order valence-corrected chi connectivity index (χ4v) is 3.26. The summed E-state index contributed by atoms with van der Waals surface area (Å²) >= 11 is 0. The van der Waals surface area contributed by atoms with Crippen molar-refractivity contribution >= 4 is 5.97 Å². The van der Waals surface area contributed by atoms with Crippen LogP contribution in [0.4, 0.5) is 0 Å². The van der Waals surface area contributed by atoms with Gasteiger partial charge in [0.2, 0.25) is 0 Å². The number of likely N-dealkylation sites (tertiary alicyclic amines) is 1. The van der Waals surface area contributed by atoms with Gasteiger partial charge in [0.25, 0.3) is 0 Å². The molecule has 0 amide bonds. The molecule has 0 N–H and O–H groups in total. The molecule has 0 spiro atoms. The highest BCUT2D eigenvalue weighted by Gasteiger charge is 2.20. The fourth-order valence-electron chi connectivity index (χ4n) is 3.26. The zero-order chi connectivity index (χ0) is 19.9. The number of carbonyl (C=O) groups is 1. The standard InChI is InChI=1S/C18H27NO3.2C2H6/c1-14-11-15(2)13-19(12-14)9-4-10-22-17-7-5-16(6-8-17)18(20)21-3;2*1-2/h5-8,14-15H,4,9-13H2,1-3H3;2*1-2H3. The number of rotatable bonds is 6. The van der Waals surface area contributed by atoms with Gasteiger partial charge in [0.15, 0.2) is 0 Å². The summed E-state index contributed by atoms with van der Waals surface area (Å²) in [5.74, 6) is 2.08. The number of hydrogen-bond acceptors (Lipinski definition) is 4. The van der Waals surface area contributed by atoms with Crippen LogP contribution in [0.1, 0.15) is 64.7 Å². The lowest BCUT2D eigenvalue weighted by molar-refractivity contribution is 0.0600. The highest BCUT2D eigenvalue weighted by Crippen LogP contribution is 2.21. The van der Waals surface area contributed by atoms with E-state index in [1.807, 2.05) is 39.8 Å². The summed E-state index contributed by atoms with van der Waals surface area (Å²) in [6.07, 6.45) is 2.37. The van der Waals surface area contributed by atoms with Crippen LogP contribution in [0.15, 0.2) is 24.3 Å². The van der Waals surface area contributed by atoms with E-state index in [9.17, 15) is 4.79 Å². The van der Waals surface area contributed by atoms with Crippen LogP contribution in [-0.2, 0) is 4.74 Å². The third-order valence-corrected chi connectivity index (χ3v) is 4.11. The van der Waals surface area contributed by atoms with Crippen LogP contribution in [0, 0.1) is 11.8 Å². The van der Waals surface area contributed by atoms with Gasteiger partial charge < -0.3 is 14.4 Å². The maximum absolute atomic E-state index is 11.3. The van der Waals surface area contributed by atoms with E-state index in [1.165, 1.54) is 26.6 Å². The average Bonchev–Trinajstić information content (AvgIpc) is 2.67. The molecular formula is C22H39NO3. The lowest BCUT2D eigenvalue weighted by Crippen LogP contribution is -2.39. The first-order valence-electron chi connectivity index (χ1n) is 10.1. The van der Waals surface area contributed by atoms with Crippen molar-refractivity contribution in [1.82, 2.24) is 4.90 Å². The molecule has 0 aromatic heterocycles. The second-order valence-corrected chi connectivity index (χ2v) is 6.42. The molecule has 4 nitrogen and oxygen atoms in total. The Morgan fingerprint density at radius 3 is 2.08 bits per heavy atom. The highest BCUT2D eigenvalue weighted by atomic mass is 16.5. The number of hydrogen-bond donors (Lipinski definition) is 0. The normalized spacial score (nSPS) is 19.3. The SMILES string of the molecule is CC.CC.COC(=O)c1ccc(OCCCN2CC(C)CC(C)C2)cc1. The van der Waals surface area contributed by atoms with E-state index < -0.39 is 0 Å². The molecule has 2 rings (SSSR count). The summed E-state index contributed by atoms with van der Waals surface area (Å²) in [7, 11) is 1.38. The van der Waals surface area contributed by atoms with E-state index >= 15 is 0 Å². The number of benzene rings is 1. The largest absolute Gasteiger partial charge is 0.494 e. The first kappa shape index (κ1) is 24.5. The molecule has 26 heavy (non-hydrogen) atoms. The summed E-state index contributed by atoms with van der Waals surface area (Å²) in [6, 6.07) is 7.10. The summed E-state index contributed by atoms with van der Waals surface area (Å²) in [4.78, 5) is 13.9. The molecule has 150 valence electrons.